The lowest BCUT2D eigenvalue weighted by atomic mass is 9.78. The molecule has 0 bridgehead atoms. The molecular formula is C23H40F3NO5SSi. The third kappa shape index (κ3) is 8.02. The fourth-order valence-electron chi connectivity index (χ4n) is 4.57. The topological polar surface area (TPSA) is 76.1 Å². The van der Waals surface area contributed by atoms with Crippen LogP contribution in [0.15, 0.2) is 30.3 Å². The SMILES string of the molecule is CC[Si](CC)(CC)OC(C)(C)C1(OC)CCN(Cc2ccccc2)CC1.O=S(=O)(O)C(F)(F)F. The summed E-state index contributed by atoms with van der Waals surface area (Å²) in [5.74, 6) is 0. The average Bonchev–Trinajstić information content (AvgIpc) is 2.78. The third-order valence-corrected chi connectivity index (χ3v) is 12.5. The van der Waals surface area contributed by atoms with Gasteiger partial charge < -0.3 is 9.16 Å². The van der Waals surface area contributed by atoms with Crippen molar-refractivity contribution in [2.45, 2.75) is 88.8 Å². The van der Waals surface area contributed by atoms with Gasteiger partial charge in [0, 0.05) is 26.7 Å². The van der Waals surface area contributed by atoms with Crippen molar-refractivity contribution in [3.63, 3.8) is 0 Å². The number of piperidine rings is 1. The summed E-state index contributed by atoms with van der Waals surface area (Å²) < 4.78 is 70.7. The van der Waals surface area contributed by atoms with E-state index in [1.807, 2.05) is 7.11 Å². The molecule has 2 rings (SSSR count). The Hall–Kier alpha value is -0.983. The molecule has 0 unspecified atom stereocenters. The predicted octanol–water partition coefficient (Wildman–Crippen LogP) is 5.86. The van der Waals surface area contributed by atoms with Crippen molar-refractivity contribution < 1.29 is 35.3 Å². The zero-order valence-corrected chi connectivity index (χ0v) is 22.9. The van der Waals surface area contributed by atoms with Crippen LogP contribution in [-0.2, 0) is 25.8 Å². The van der Waals surface area contributed by atoms with Gasteiger partial charge in [0.2, 0.25) is 0 Å². The van der Waals surface area contributed by atoms with Gasteiger partial charge in [-0.3, -0.25) is 9.45 Å². The molecule has 1 saturated heterocycles. The fourth-order valence-corrected chi connectivity index (χ4v) is 7.77. The Balaban J connectivity index is 0.000000620. The van der Waals surface area contributed by atoms with Crippen molar-refractivity contribution in [3.05, 3.63) is 35.9 Å². The maximum Gasteiger partial charge on any atom is 0.522 e. The molecule has 0 amide bonds. The first-order chi connectivity index (χ1) is 15.6. The number of alkyl halides is 3. The van der Waals surface area contributed by atoms with Gasteiger partial charge >= 0.3 is 15.6 Å². The minimum absolute atomic E-state index is 0.183. The molecule has 0 aliphatic carbocycles. The van der Waals surface area contributed by atoms with E-state index in [9.17, 15) is 13.2 Å². The highest BCUT2D eigenvalue weighted by atomic mass is 32.2. The number of methoxy groups -OCH3 is 1. The molecule has 198 valence electrons. The van der Waals surface area contributed by atoms with Crippen LogP contribution in [0.2, 0.25) is 18.1 Å². The first kappa shape index (κ1) is 31.0. The number of benzene rings is 1. The summed E-state index contributed by atoms with van der Waals surface area (Å²) in [5.41, 5.74) is -4.57. The zero-order chi connectivity index (χ0) is 26.3. The van der Waals surface area contributed by atoms with Crippen molar-refractivity contribution in [2.75, 3.05) is 20.2 Å². The van der Waals surface area contributed by atoms with Gasteiger partial charge in [-0.2, -0.15) is 21.6 Å². The highest BCUT2D eigenvalue weighted by Crippen LogP contribution is 2.42. The van der Waals surface area contributed by atoms with Crippen LogP contribution < -0.4 is 0 Å². The fraction of sp³-hybridized carbons (Fsp3) is 0.739. The van der Waals surface area contributed by atoms with Crippen molar-refractivity contribution in [3.8, 4) is 0 Å². The smallest absolute Gasteiger partial charge is 0.409 e. The molecule has 1 heterocycles. The maximum absolute atomic E-state index is 10.7. The first-order valence-corrected chi connectivity index (χ1v) is 15.6. The Morgan fingerprint density at radius 3 is 1.82 bits per heavy atom. The summed E-state index contributed by atoms with van der Waals surface area (Å²) in [5, 5.41) is 0. The lowest BCUT2D eigenvalue weighted by Crippen LogP contribution is -2.62. The predicted molar refractivity (Wildman–Crippen MR) is 131 cm³/mol. The molecule has 1 N–H and O–H groups in total. The number of rotatable bonds is 9. The molecule has 34 heavy (non-hydrogen) atoms. The molecule has 0 aromatic heterocycles. The minimum Gasteiger partial charge on any atom is -0.409 e. The number of nitrogens with zero attached hydrogens (tertiary/aromatic N) is 1. The van der Waals surface area contributed by atoms with Crippen LogP contribution in [-0.4, -0.2) is 63.1 Å². The van der Waals surface area contributed by atoms with Crippen LogP contribution in [0, 0.1) is 0 Å². The third-order valence-electron chi connectivity index (χ3n) is 7.10. The Morgan fingerprint density at radius 2 is 1.47 bits per heavy atom. The summed E-state index contributed by atoms with van der Waals surface area (Å²) >= 11 is 0. The van der Waals surface area contributed by atoms with Crippen molar-refractivity contribution in [1.82, 2.24) is 4.90 Å². The van der Waals surface area contributed by atoms with Gasteiger partial charge in [-0.1, -0.05) is 51.1 Å². The second-order valence-electron chi connectivity index (χ2n) is 9.24. The van der Waals surface area contributed by atoms with E-state index in [1.54, 1.807) is 0 Å². The molecule has 1 aliphatic heterocycles. The number of hydrogen-bond donors (Lipinski definition) is 1. The second-order valence-corrected chi connectivity index (χ2v) is 15.3. The number of likely N-dealkylation sites (tertiary alicyclic amines) is 1. The molecule has 6 nitrogen and oxygen atoms in total. The normalized spacial score (nSPS) is 17.7. The zero-order valence-electron chi connectivity index (χ0n) is 21.1. The molecule has 1 fully saturated rings. The van der Waals surface area contributed by atoms with Crippen molar-refractivity contribution in [2.24, 2.45) is 0 Å². The molecule has 11 heteroatoms. The van der Waals surface area contributed by atoms with Gasteiger partial charge in [0.05, 0.1) is 11.2 Å². The van der Waals surface area contributed by atoms with E-state index < -0.39 is 23.9 Å². The second kappa shape index (κ2) is 12.3. The summed E-state index contributed by atoms with van der Waals surface area (Å²) in [6.07, 6.45) is 2.07. The van der Waals surface area contributed by atoms with Crippen molar-refractivity contribution in [1.29, 1.82) is 0 Å². The van der Waals surface area contributed by atoms with E-state index in [0.717, 1.165) is 32.5 Å². The van der Waals surface area contributed by atoms with Crippen LogP contribution in [0.3, 0.4) is 0 Å². The van der Waals surface area contributed by atoms with E-state index in [2.05, 4.69) is 69.9 Å². The van der Waals surface area contributed by atoms with Gasteiger partial charge in [-0.05, 0) is 50.4 Å². The molecular weight excluding hydrogens is 487 g/mol. The number of halogens is 3. The standard InChI is InChI=1S/C22H39NO2Si.CHF3O3S/c1-7-26(8-2,9-3)25-21(4,5)22(24-6)15-17-23(18-16-22)19-20-13-11-10-12-14-20;2-1(3,4)8(5,6)7/h10-14H,7-9,15-19H2,1-6H3;(H,5,6,7). The minimum atomic E-state index is -5.84. The molecule has 0 radical (unpaired) electrons. The molecule has 0 saturated carbocycles. The van der Waals surface area contributed by atoms with Crippen molar-refractivity contribution >= 4 is 18.4 Å². The van der Waals surface area contributed by atoms with E-state index in [0.29, 0.717) is 0 Å². The van der Waals surface area contributed by atoms with Gasteiger partial charge in [-0.15, -0.1) is 0 Å². The lowest BCUT2D eigenvalue weighted by Gasteiger charge is -2.53. The van der Waals surface area contributed by atoms with E-state index in [-0.39, 0.29) is 11.2 Å². The number of ether oxygens (including phenoxy) is 1. The Labute approximate surface area is 203 Å². The Morgan fingerprint density at radius 1 is 1.03 bits per heavy atom. The van der Waals surface area contributed by atoms with Crippen LogP contribution in [0.1, 0.15) is 53.0 Å². The lowest BCUT2D eigenvalue weighted by molar-refractivity contribution is -0.168. The molecule has 1 aromatic rings. The number of hydrogen-bond acceptors (Lipinski definition) is 5. The monoisotopic (exact) mass is 527 g/mol. The Bertz CT molecular complexity index is 830. The van der Waals surface area contributed by atoms with Gasteiger partial charge in [0.1, 0.15) is 0 Å². The Kier molecular flexibility index (Phi) is 11.2. The first-order valence-electron chi connectivity index (χ1n) is 11.7. The van der Waals surface area contributed by atoms with Crippen LogP contribution in [0.25, 0.3) is 0 Å². The largest absolute Gasteiger partial charge is 0.522 e. The van der Waals surface area contributed by atoms with Gasteiger partial charge in [0.15, 0.2) is 8.32 Å². The summed E-state index contributed by atoms with van der Waals surface area (Å²) in [6, 6.07) is 14.3. The highest BCUT2D eigenvalue weighted by molar-refractivity contribution is 7.86. The van der Waals surface area contributed by atoms with Gasteiger partial charge in [0.25, 0.3) is 0 Å². The van der Waals surface area contributed by atoms with Gasteiger partial charge in [-0.25, -0.2) is 0 Å². The van der Waals surface area contributed by atoms with E-state index >= 15 is 0 Å². The van der Waals surface area contributed by atoms with Crippen LogP contribution in [0.4, 0.5) is 13.2 Å². The van der Waals surface area contributed by atoms with Crippen LogP contribution in [0.5, 0.6) is 0 Å². The van der Waals surface area contributed by atoms with E-state index in [4.69, 9.17) is 22.1 Å². The summed E-state index contributed by atoms with van der Waals surface area (Å²) in [4.78, 5) is 2.55. The molecule has 0 spiro atoms. The maximum atomic E-state index is 10.7. The summed E-state index contributed by atoms with van der Waals surface area (Å²) in [7, 11) is -5.63. The van der Waals surface area contributed by atoms with Crippen LogP contribution >= 0.6 is 0 Å². The van der Waals surface area contributed by atoms with E-state index in [1.165, 1.54) is 23.7 Å². The highest BCUT2D eigenvalue weighted by Gasteiger charge is 2.51. The quantitative estimate of drug-likeness (QED) is 0.246. The molecule has 1 aliphatic rings. The summed E-state index contributed by atoms with van der Waals surface area (Å²) in [6.45, 7) is 14.6. The molecule has 0 atom stereocenters. The average molecular weight is 528 g/mol. The molecule has 1 aromatic carbocycles.